The first-order valence-corrected chi connectivity index (χ1v) is 12.7. The van der Waals surface area contributed by atoms with E-state index in [4.69, 9.17) is 0 Å². The van der Waals surface area contributed by atoms with Crippen LogP contribution >= 0.6 is 0 Å². The van der Waals surface area contributed by atoms with Crippen LogP contribution < -0.4 is 0 Å². The molecule has 2 heteroatoms. The van der Waals surface area contributed by atoms with Crippen molar-refractivity contribution in [2.75, 3.05) is 0 Å². The van der Waals surface area contributed by atoms with Crippen LogP contribution in [0.3, 0.4) is 0 Å². The maximum Gasteiger partial charge on any atom is 0.159 e. The summed E-state index contributed by atoms with van der Waals surface area (Å²) in [5, 5.41) is 0. The first kappa shape index (κ1) is 22.5. The molecular formula is C29H38F2. The van der Waals surface area contributed by atoms with Crippen molar-refractivity contribution >= 4 is 0 Å². The molecule has 0 amide bonds. The molecule has 0 N–H and O–H groups in total. The minimum Gasteiger partial charge on any atom is -0.204 e. The summed E-state index contributed by atoms with van der Waals surface area (Å²) in [4.78, 5) is 0. The van der Waals surface area contributed by atoms with Gasteiger partial charge in [0.25, 0.3) is 0 Å². The fourth-order valence-electron chi connectivity index (χ4n) is 6.18. The number of unbranched alkanes of at least 4 members (excludes halogenated alkanes) is 2. The van der Waals surface area contributed by atoms with E-state index in [2.05, 4.69) is 31.2 Å². The average Bonchev–Trinajstić information content (AvgIpc) is 2.82. The van der Waals surface area contributed by atoms with Gasteiger partial charge in [0.15, 0.2) is 11.6 Å². The first-order valence-electron chi connectivity index (χ1n) is 12.7. The molecule has 0 saturated heterocycles. The molecule has 0 nitrogen and oxygen atoms in total. The Kier molecular flexibility index (Phi) is 7.80. The third-order valence-electron chi connectivity index (χ3n) is 8.18. The monoisotopic (exact) mass is 424 g/mol. The Morgan fingerprint density at radius 1 is 0.677 bits per heavy atom. The molecule has 2 aromatic rings. The van der Waals surface area contributed by atoms with Crippen molar-refractivity contribution in [3.8, 4) is 11.1 Å². The molecule has 2 aliphatic carbocycles. The van der Waals surface area contributed by atoms with Crippen molar-refractivity contribution in [2.45, 2.75) is 89.9 Å². The van der Waals surface area contributed by atoms with Crippen molar-refractivity contribution in [1.82, 2.24) is 0 Å². The van der Waals surface area contributed by atoms with Gasteiger partial charge in [-0.3, -0.25) is 0 Å². The van der Waals surface area contributed by atoms with Crippen molar-refractivity contribution in [3.63, 3.8) is 0 Å². The largest absolute Gasteiger partial charge is 0.204 e. The van der Waals surface area contributed by atoms with E-state index in [1.165, 1.54) is 94.7 Å². The van der Waals surface area contributed by atoms with E-state index in [0.717, 1.165) is 28.9 Å². The van der Waals surface area contributed by atoms with E-state index >= 15 is 0 Å². The van der Waals surface area contributed by atoms with Crippen LogP contribution in [0.25, 0.3) is 11.1 Å². The van der Waals surface area contributed by atoms with Crippen molar-refractivity contribution < 1.29 is 8.78 Å². The SMILES string of the molecule is CCCCCC1CCC(C2CCC(c3ccc(-c4ccc(F)c(F)c4)cc3)CC2)CC1. The van der Waals surface area contributed by atoms with Crippen LogP contribution in [0.4, 0.5) is 8.78 Å². The molecule has 4 rings (SSSR count). The summed E-state index contributed by atoms with van der Waals surface area (Å²) in [6.07, 6.45) is 16.9. The van der Waals surface area contributed by atoms with Crippen LogP contribution in [-0.2, 0) is 0 Å². The molecular weight excluding hydrogens is 386 g/mol. The van der Waals surface area contributed by atoms with Crippen LogP contribution in [0.15, 0.2) is 42.5 Å². The molecule has 2 aromatic carbocycles. The highest BCUT2D eigenvalue weighted by Crippen LogP contribution is 2.44. The summed E-state index contributed by atoms with van der Waals surface area (Å²) < 4.78 is 26.7. The standard InChI is InChI=1S/C29H38F2/c1-2-3-4-5-21-6-8-22(9-7-21)23-10-12-24(13-11-23)25-14-16-26(17-15-25)27-18-19-28(30)29(31)20-27/h14-24H,2-13H2,1H3. The summed E-state index contributed by atoms with van der Waals surface area (Å²) in [6, 6.07) is 12.7. The molecule has 2 fully saturated rings. The lowest BCUT2D eigenvalue weighted by molar-refractivity contribution is 0.155. The molecule has 0 bridgehead atoms. The summed E-state index contributed by atoms with van der Waals surface area (Å²) in [6.45, 7) is 2.30. The topological polar surface area (TPSA) is 0 Å². The predicted molar refractivity (Wildman–Crippen MR) is 126 cm³/mol. The van der Waals surface area contributed by atoms with E-state index in [0.29, 0.717) is 5.92 Å². The number of hydrogen-bond acceptors (Lipinski definition) is 0. The van der Waals surface area contributed by atoms with Crippen LogP contribution in [0.2, 0.25) is 0 Å². The van der Waals surface area contributed by atoms with Gasteiger partial charge in [0.2, 0.25) is 0 Å². The summed E-state index contributed by atoms with van der Waals surface area (Å²) in [5.74, 6) is 2.00. The minimum atomic E-state index is -0.790. The second-order valence-corrected chi connectivity index (χ2v) is 10.1. The number of halogens is 2. The number of hydrogen-bond donors (Lipinski definition) is 0. The van der Waals surface area contributed by atoms with Gasteiger partial charge in [-0.05, 0) is 91.0 Å². The van der Waals surface area contributed by atoms with E-state index in [-0.39, 0.29) is 0 Å². The molecule has 2 saturated carbocycles. The second-order valence-electron chi connectivity index (χ2n) is 10.1. The quantitative estimate of drug-likeness (QED) is 0.388. The third-order valence-corrected chi connectivity index (χ3v) is 8.18. The second kappa shape index (κ2) is 10.7. The van der Waals surface area contributed by atoms with Gasteiger partial charge in [0, 0.05) is 0 Å². The van der Waals surface area contributed by atoms with Gasteiger partial charge >= 0.3 is 0 Å². The van der Waals surface area contributed by atoms with Crippen LogP contribution in [0.1, 0.15) is 95.5 Å². The lowest BCUT2D eigenvalue weighted by Gasteiger charge is -2.38. The van der Waals surface area contributed by atoms with E-state index in [9.17, 15) is 8.78 Å². The van der Waals surface area contributed by atoms with Crippen LogP contribution in [0, 0.1) is 29.4 Å². The van der Waals surface area contributed by atoms with E-state index in [1.807, 2.05) is 0 Å². The van der Waals surface area contributed by atoms with Gasteiger partial charge in [-0.25, -0.2) is 8.78 Å². The Labute approximate surface area is 187 Å². The summed E-state index contributed by atoms with van der Waals surface area (Å²) in [5.41, 5.74) is 3.09. The minimum absolute atomic E-state index is 0.653. The molecule has 31 heavy (non-hydrogen) atoms. The van der Waals surface area contributed by atoms with Gasteiger partial charge in [-0.2, -0.15) is 0 Å². The highest BCUT2D eigenvalue weighted by Gasteiger charge is 2.31. The first-order chi connectivity index (χ1) is 15.1. The molecule has 0 heterocycles. The fraction of sp³-hybridized carbons (Fsp3) is 0.586. The maximum atomic E-state index is 13.5. The molecule has 168 valence electrons. The number of rotatable bonds is 7. The highest BCUT2D eigenvalue weighted by atomic mass is 19.2. The summed E-state index contributed by atoms with van der Waals surface area (Å²) >= 11 is 0. The van der Waals surface area contributed by atoms with E-state index in [1.54, 1.807) is 6.07 Å². The smallest absolute Gasteiger partial charge is 0.159 e. The van der Waals surface area contributed by atoms with Crippen molar-refractivity contribution in [2.24, 2.45) is 17.8 Å². The van der Waals surface area contributed by atoms with Gasteiger partial charge in [0.05, 0.1) is 0 Å². The number of benzene rings is 2. The molecule has 0 radical (unpaired) electrons. The molecule has 0 atom stereocenters. The zero-order valence-electron chi connectivity index (χ0n) is 19.1. The highest BCUT2D eigenvalue weighted by molar-refractivity contribution is 5.63. The van der Waals surface area contributed by atoms with Crippen LogP contribution in [0.5, 0.6) is 0 Å². The average molecular weight is 425 g/mol. The van der Waals surface area contributed by atoms with Crippen molar-refractivity contribution in [1.29, 1.82) is 0 Å². The zero-order valence-corrected chi connectivity index (χ0v) is 19.1. The molecule has 0 spiro atoms. The normalized spacial score (nSPS) is 26.7. The molecule has 0 aliphatic heterocycles. The van der Waals surface area contributed by atoms with Gasteiger partial charge in [-0.1, -0.05) is 75.8 Å². The van der Waals surface area contributed by atoms with Gasteiger partial charge in [0.1, 0.15) is 0 Å². The lowest BCUT2D eigenvalue weighted by Crippen LogP contribution is -2.25. The Hall–Kier alpha value is -1.70. The predicted octanol–water partition coefficient (Wildman–Crippen LogP) is 9.29. The molecule has 0 unspecified atom stereocenters. The summed E-state index contributed by atoms with van der Waals surface area (Å²) in [7, 11) is 0. The zero-order chi connectivity index (χ0) is 21.6. The Bertz CT molecular complexity index is 809. The van der Waals surface area contributed by atoms with Crippen LogP contribution in [-0.4, -0.2) is 0 Å². The van der Waals surface area contributed by atoms with Gasteiger partial charge in [-0.15, -0.1) is 0 Å². The lowest BCUT2D eigenvalue weighted by atomic mass is 9.68. The molecule has 0 aromatic heterocycles. The van der Waals surface area contributed by atoms with Crippen molar-refractivity contribution in [3.05, 3.63) is 59.7 Å². The fourth-order valence-corrected chi connectivity index (χ4v) is 6.18. The van der Waals surface area contributed by atoms with Gasteiger partial charge < -0.3 is 0 Å². The Morgan fingerprint density at radius 3 is 1.90 bits per heavy atom. The third kappa shape index (κ3) is 5.76. The van der Waals surface area contributed by atoms with E-state index < -0.39 is 11.6 Å². The maximum absolute atomic E-state index is 13.5. The molecule has 2 aliphatic rings. The Morgan fingerprint density at radius 2 is 1.29 bits per heavy atom. The Balaban J connectivity index is 1.26.